The third kappa shape index (κ3) is 1.97. The van der Waals surface area contributed by atoms with Gasteiger partial charge in [0.05, 0.1) is 5.57 Å². The van der Waals surface area contributed by atoms with Crippen molar-refractivity contribution in [2.24, 2.45) is 0 Å². The van der Waals surface area contributed by atoms with Crippen molar-refractivity contribution in [3.63, 3.8) is 0 Å². The van der Waals surface area contributed by atoms with Crippen LogP contribution in [0.15, 0.2) is 11.3 Å². The topological polar surface area (TPSA) is 101 Å². The minimum absolute atomic E-state index is 0.363. The lowest BCUT2D eigenvalue weighted by atomic mass is 9.77. The van der Waals surface area contributed by atoms with Gasteiger partial charge in [0.1, 0.15) is 12.2 Å². The number of hydrogen-bond acceptors (Lipinski definition) is 6. The van der Waals surface area contributed by atoms with Gasteiger partial charge >= 0.3 is 0 Å². The molecule has 0 amide bonds. The summed E-state index contributed by atoms with van der Waals surface area (Å²) in [6.45, 7) is 4.70. The molecule has 100 valence electrons. The number of Topliss-reactive ketones (excluding diaryl/α,β-unsaturated/α-hetero) is 3. The van der Waals surface area contributed by atoms with Crippen LogP contribution in [-0.2, 0) is 19.1 Å². The number of aliphatic hydroxyl groups is 2. The molecule has 0 aromatic heterocycles. The Morgan fingerprint density at radius 1 is 1.17 bits per heavy atom. The summed E-state index contributed by atoms with van der Waals surface area (Å²) in [6, 6.07) is 0. The molecule has 1 rings (SSSR count). The van der Waals surface area contributed by atoms with Gasteiger partial charge in [0, 0.05) is 6.92 Å². The van der Waals surface area contributed by atoms with Gasteiger partial charge in [0.2, 0.25) is 0 Å². The highest BCUT2D eigenvalue weighted by Crippen LogP contribution is 2.35. The van der Waals surface area contributed by atoms with E-state index in [1.165, 1.54) is 6.92 Å². The normalized spacial score (nSPS) is 31.9. The minimum Gasteiger partial charge on any atom is -0.484 e. The number of ether oxygens (including phenoxy) is 1. The summed E-state index contributed by atoms with van der Waals surface area (Å²) in [7, 11) is 0. The van der Waals surface area contributed by atoms with Gasteiger partial charge in [0.25, 0.3) is 0 Å². The molecule has 0 unspecified atom stereocenters. The number of hydrogen-bond donors (Lipinski definition) is 2. The van der Waals surface area contributed by atoms with E-state index in [-0.39, 0.29) is 5.76 Å². The van der Waals surface area contributed by atoms with E-state index in [0.717, 1.165) is 20.8 Å². The molecule has 0 aliphatic carbocycles. The van der Waals surface area contributed by atoms with Gasteiger partial charge in [-0.25, -0.2) is 0 Å². The Hall–Kier alpha value is -1.53. The van der Waals surface area contributed by atoms with Crippen molar-refractivity contribution in [1.82, 2.24) is 0 Å². The first-order valence-electron chi connectivity index (χ1n) is 5.48. The summed E-state index contributed by atoms with van der Waals surface area (Å²) in [6.07, 6.45) is -2.57. The van der Waals surface area contributed by atoms with Gasteiger partial charge in [-0.2, -0.15) is 0 Å². The first-order valence-corrected chi connectivity index (χ1v) is 5.48. The highest BCUT2D eigenvalue weighted by Gasteiger charge is 2.54. The number of ketones is 3. The molecule has 0 aromatic rings. The predicted octanol–water partition coefficient (Wildman–Crippen LogP) is -0.482. The minimum atomic E-state index is -2.40. The summed E-state index contributed by atoms with van der Waals surface area (Å²) in [5, 5.41) is 20.2. The van der Waals surface area contributed by atoms with Crippen molar-refractivity contribution in [2.45, 2.75) is 45.5 Å². The fraction of sp³-hybridized carbons (Fsp3) is 0.583. The lowest BCUT2D eigenvalue weighted by molar-refractivity contribution is -0.163. The van der Waals surface area contributed by atoms with Crippen molar-refractivity contribution in [3.8, 4) is 0 Å². The number of rotatable bonds is 3. The largest absolute Gasteiger partial charge is 0.484 e. The van der Waals surface area contributed by atoms with Gasteiger partial charge in [-0.3, -0.25) is 14.4 Å². The van der Waals surface area contributed by atoms with Crippen molar-refractivity contribution in [1.29, 1.82) is 0 Å². The highest BCUT2D eigenvalue weighted by molar-refractivity contribution is 6.10. The Labute approximate surface area is 104 Å². The second-order valence-corrected chi connectivity index (χ2v) is 4.41. The molecule has 6 heteroatoms. The number of allylic oxidation sites excluding steroid dienone is 1. The molecule has 3 atom stereocenters. The zero-order valence-electron chi connectivity index (χ0n) is 10.7. The van der Waals surface area contributed by atoms with Gasteiger partial charge in [-0.1, -0.05) is 0 Å². The highest BCUT2D eigenvalue weighted by atomic mass is 16.5. The van der Waals surface area contributed by atoms with Crippen LogP contribution in [0.2, 0.25) is 0 Å². The van der Waals surface area contributed by atoms with Crippen LogP contribution in [0.1, 0.15) is 27.7 Å². The molecule has 1 heterocycles. The van der Waals surface area contributed by atoms with E-state index in [1.54, 1.807) is 0 Å². The number of carbonyl (C=O) groups is 3. The fourth-order valence-corrected chi connectivity index (χ4v) is 2.04. The predicted molar refractivity (Wildman–Crippen MR) is 60.6 cm³/mol. The third-order valence-electron chi connectivity index (χ3n) is 2.99. The Balaban J connectivity index is 3.61. The van der Waals surface area contributed by atoms with Gasteiger partial charge in [0.15, 0.2) is 28.7 Å². The molecule has 0 bridgehead atoms. The lowest BCUT2D eigenvalue weighted by Crippen LogP contribution is -2.59. The first-order chi connectivity index (χ1) is 8.13. The van der Waals surface area contributed by atoms with Crippen LogP contribution in [0.25, 0.3) is 0 Å². The van der Waals surface area contributed by atoms with E-state index < -0.39 is 40.7 Å². The van der Waals surface area contributed by atoms with Crippen molar-refractivity contribution >= 4 is 17.3 Å². The van der Waals surface area contributed by atoms with Gasteiger partial charge in [-0.05, 0) is 20.8 Å². The van der Waals surface area contributed by atoms with Crippen LogP contribution in [0.4, 0.5) is 0 Å². The van der Waals surface area contributed by atoms with Crippen LogP contribution in [-0.4, -0.2) is 45.4 Å². The Bertz CT molecular complexity index is 449. The van der Waals surface area contributed by atoms with E-state index in [4.69, 9.17) is 4.74 Å². The Morgan fingerprint density at radius 2 is 1.67 bits per heavy atom. The van der Waals surface area contributed by atoms with Crippen molar-refractivity contribution in [2.75, 3.05) is 0 Å². The SMILES string of the molecule is CC(=O)C1=C(C(C)=O)[C@@](O)(C(C)=O)[C@@H](O)[C@H](C)O1. The molecule has 0 spiro atoms. The standard InChI is InChI=1S/C12H16O6/c1-5(13)9-10(6(2)14)18-7(3)11(16)12(9,17)8(4)15/h7,11,16-17H,1-4H3/t7-,11-,12-/m0/s1. The monoisotopic (exact) mass is 256 g/mol. The summed E-state index contributed by atoms with van der Waals surface area (Å²) >= 11 is 0. The molecule has 1 aliphatic rings. The smallest absolute Gasteiger partial charge is 0.194 e. The van der Waals surface area contributed by atoms with Gasteiger partial charge < -0.3 is 14.9 Å². The molecule has 0 saturated carbocycles. The lowest BCUT2D eigenvalue weighted by Gasteiger charge is -2.40. The van der Waals surface area contributed by atoms with E-state index in [2.05, 4.69) is 0 Å². The van der Waals surface area contributed by atoms with Crippen LogP contribution >= 0.6 is 0 Å². The van der Waals surface area contributed by atoms with Crippen LogP contribution in [0.3, 0.4) is 0 Å². The quantitative estimate of drug-likeness (QED) is 0.707. The average Bonchev–Trinajstić information content (AvgIpc) is 2.24. The molecule has 18 heavy (non-hydrogen) atoms. The average molecular weight is 256 g/mol. The summed E-state index contributed by atoms with van der Waals surface area (Å²) in [5.74, 6) is -2.45. The van der Waals surface area contributed by atoms with E-state index in [9.17, 15) is 24.6 Å². The molecule has 1 aliphatic heterocycles. The zero-order chi connectivity index (χ0) is 14.2. The molecular weight excluding hydrogens is 240 g/mol. The maximum absolute atomic E-state index is 11.6. The molecule has 0 fully saturated rings. The van der Waals surface area contributed by atoms with E-state index >= 15 is 0 Å². The maximum Gasteiger partial charge on any atom is 0.194 e. The van der Waals surface area contributed by atoms with E-state index in [0.29, 0.717) is 0 Å². The Morgan fingerprint density at radius 3 is 2.00 bits per heavy atom. The second kappa shape index (κ2) is 4.62. The molecule has 0 aromatic carbocycles. The summed E-state index contributed by atoms with van der Waals surface area (Å²) in [4.78, 5) is 34.6. The van der Waals surface area contributed by atoms with E-state index in [1.807, 2.05) is 0 Å². The molecule has 6 nitrogen and oxygen atoms in total. The summed E-state index contributed by atoms with van der Waals surface area (Å²) < 4.78 is 5.13. The summed E-state index contributed by atoms with van der Waals surface area (Å²) in [5.41, 5.74) is -2.88. The molecule has 0 radical (unpaired) electrons. The third-order valence-corrected chi connectivity index (χ3v) is 2.99. The number of aliphatic hydroxyl groups excluding tert-OH is 1. The van der Waals surface area contributed by atoms with Gasteiger partial charge in [-0.15, -0.1) is 0 Å². The number of carbonyl (C=O) groups excluding carboxylic acids is 3. The second-order valence-electron chi connectivity index (χ2n) is 4.41. The fourth-order valence-electron chi connectivity index (χ4n) is 2.04. The maximum atomic E-state index is 11.6. The van der Waals surface area contributed by atoms with Crippen molar-refractivity contribution < 1.29 is 29.3 Å². The van der Waals surface area contributed by atoms with Crippen molar-refractivity contribution in [3.05, 3.63) is 11.3 Å². The molecule has 2 N–H and O–H groups in total. The molecular formula is C12H16O6. The zero-order valence-corrected chi connectivity index (χ0v) is 10.7. The Kier molecular flexibility index (Phi) is 3.73. The molecule has 0 saturated heterocycles. The van der Waals surface area contributed by atoms with Crippen LogP contribution < -0.4 is 0 Å². The van der Waals surface area contributed by atoms with Crippen LogP contribution in [0, 0.1) is 0 Å². The van der Waals surface area contributed by atoms with Crippen LogP contribution in [0.5, 0.6) is 0 Å². The first kappa shape index (κ1) is 14.5.